The number of piperidine rings is 1. The van der Waals surface area contributed by atoms with Crippen LogP contribution in [-0.4, -0.2) is 37.7 Å². The van der Waals surface area contributed by atoms with Crippen LogP contribution in [-0.2, 0) is 0 Å². The molecule has 1 aliphatic heterocycles. The van der Waals surface area contributed by atoms with Crippen LogP contribution >= 0.6 is 0 Å². The highest BCUT2D eigenvalue weighted by Crippen LogP contribution is 2.27. The van der Waals surface area contributed by atoms with Crippen LogP contribution in [0, 0.1) is 0 Å². The van der Waals surface area contributed by atoms with Crippen LogP contribution in [0.1, 0.15) is 18.4 Å². The molecule has 2 heterocycles. The number of hydrogen-bond donors (Lipinski definition) is 1. The van der Waals surface area contributed by atoms with Crippen LogP contribution in [0.5, 0.6) is 5.75 Å². The van der Waals surface area contributed by atoms with E-state index in [1.807, 2.05) is 18.2 Å². The van der Waals surface area contributed by atoms with Crippen LogP contribution in [0.15, 0.2) is 69.9 Å². The molecule has 1 aromatic heterocycles. The second-order valence-electron chi connectivity index (χ2n) is 7.37. The zero-order valence-corrected chi connectivity index (χ0v) is 16.6. The van der Waals surface area contributed by atoms with E-state index in [4.69, 9.17) is 9.15 Å². The van der Waals surface area contributed by atoms with Crippen LogP contribution in [0.4, 0.5) is 5.69 Å². The van der Waals surface area contributed by atoms with Crippen molar-refractivity contribution in [1.82, 2.24) is 4.90 Å². The van der Waals surface area contributed by atoms with Gasteiger partial charge >= 0.3 is 5.63 Å². The average molecular weight is 390 g/mol. The smallest absolute Gasteiger partial charge is 0.338 e. The summed E-state index contributed by atoms with van der Waals surface area (Å²) in [7, 11) is 1.60. The van der Waals surface area contributed by atoms with Crippen molar-refractivity contribution in [3.8, 4) is 5.75 Å². The van der Waals surface area contributed by atoms with Crippen LogP contribution in [0.3, 0.4) is 0 Å². The summed E-state index contributed by atoms with van der Waals surface area (Å²) in [6.45, 7) is 3.02. The average Bonchev–Trinajstić information content (AvgIpc) is 2.75. The Labute approximate surface area is 170 Å². The molecule has 1 saturated heterocycles. The lowest BCUT2D eigenvalue weighted by Gasteiger charge is -2.32. The van der Waals surface area contributed by atoms with Gasteiger partial charge in [0.1, 0.15) is 11.3 Å². The van der Waals surface area contributed by atoms with Crippen LogP contribution in [0.2, 0.25) is 0 Å². The summed E-state index contributed by atoms with van der Waals surface area (Å²) >= 11 is 0. The molecule has 1 N–H and O–H groups in total. The molecule has 0 bridgehead atoms. The summed E-state index contributed by atoms with van der Waals surface area (Å²) in [5.41, 5.74) is 2.26. The molecule has 0 unspecified atom stereocenters. The van der Waals surface area contributed by atoms with Crippen molar-refractivity contribution in [3.63, 3.8) is 0 Å². The molecule has 2 aromatic carbocycles. The molecule has 0 radical (unpaired) electrons. The van der Waals surface area contributed by atoms with Crippen molar-refractivity contribution < 1.29 is 9.15 Å². The number of ether oxygens (including phenoxy) is 1. The highest BCUT2D eigenvalue weighted by Gasteiger charge is 2.19. The number of benzene rings is 2. The van der Waals surface area contributed by atoms with Crippen molar-refractivity contribution in [1.29, 1.82) is 0 Å². The normalized spacial score (nSPS) is 15.8. The largest absolute Gasteiger partial charge is 0.497 e. The molecular formula is C24H26N2O3. The molecule has 0 amide bonds. The number of rotatable bonds is 6. The number of nitrogens with one attached hydrogen (secondary N) is 1. The van der Waals surface area contributed by atoms with Gasteiger partial charge in [-0.05, 0) is 30.5 Å². The first kappa shape index (κ1) is 19.3. The van der Waals surface area contributed by atoms with Crippen molar-refractivity contribution >= 4 is 22.7 Å². The maximum absolute atomic E-state index is 12.0. The molecule has 1 aliphatic rings. The molecule has 0 saturated carbocycles. The topological polar surface area (TPSA) is 54.7 Å². The fraction of sp³-hybridized carbons (Fsp3) is 0.292. The van der Waals surface area contributed by atoms with Gasteiger partial charge in [0.15, 0.2) is 0 Å². The van der Waals surface area contributed by atoms with E-state index in [-0.39, 0.29) is 5.63 Å². The molecule has 1 fully saturated rings. The van der Waals surface area contributed by atoms with Crippen LogP contribution in [0.25, 0.3) is 17.0 Å². The first-order chi connectivity index (χ1) is 14.2. The lowest BCUT2D eigenvalue weighted by Crippen LogP contribution is -2.39. The number of nitrogens with zero attached hydrogens (tertiary/aromatic N) is 1. The SMILES string of the molecule is COc1ccc2c(NC3CCN(C/C=C/c4ccccc4)CC3)cc(=O)oc2c1. The van der Waals surface area contributed by atoms with E-state index in [0.29, 0.717) is 17.4 Å². The summed E-state index contributed by atoms with van der Waals surface area (Å²) in [6, 6.07) is 17.8. The maximum Gasteiger partial charge on any atom is 0.338 e. The highest BCUT2D eigenvalue weighted by atomic mass is 16.5. The fourth-order valence-electron chi connectivity index (χ4n) is 3.77. The summed E-state index contributed by atoms with van der Waals surface area (Å²) in [5, 5.41) is 4.46. The Morgan fingerprint density at radius 1 is 1.14 bits per heavy atom. The highest BCUT2D eigenvalue weighted by molar-refractivity contribution is 5.90. The van der Waals surface area contributed by atoms with Crippen molar-refractivity contribution in [2.75, 3.05) is 32.1 Å². The predicted molar refractivity (Wildman–Crippen MR) is 118 cm³/mol. The summed E-state index contributed by atoms with van der Waals surface area (Å²) in [5.74, 6) is 0.676. The molecule has 0 atom stereocenters. The maximum atomic E-state index is 12.0. The van der Waals surface area contributed by atoms with Gasteiger partial charge in [-0.25, -0.2) is 4.79 Å². The standard InChI is InChI=1S/C24H26N2O3/c1-28-20-9-10-21-22(17-24(27)29-23(21)16-20)25-19-11-14-26(15-12-19)13-5-8-18-6-3-2-4-7-18/h2-10,16-17,19,25H,11-15H2,1H3/b8-5+. The van der Waals surface area contributed by atoms with E-state index in [2.05, 4.69) is 46.6 Å². The fourth-order valence-corrected chi connectivity index (χ4v) is 3.77. The zero-order valence-electron chi connectivity index (χ0n) is 16.6. The Balaban J connectivity index is 1.36. The Hall–Kier alpha value is -3.05. The molecular weight excluding hydrogens is 364 g/mol. The molecule has 29 heavy (non-hydrogen) atoms. The Kier molecular flexibility index (Phi) is 5.96. The Bertz CT molecular complexity index is 1030. The molecule has 5 heteroatoms. The quantitative estimate of drug-likeness (QED) is 0.633. The minimum atomic E-state index is -0.350. The molecule has 150 valence electrons. The number of fused-ring (bicyclic) bond motifs is 1. The molecule has 4 rings (SSSR count). The van der Waals surface area contributed by atoms with Crippen molar-refractivity contribution in [2.45, 2.75) is 18.9 Å². The third kappa shape index (κ3) is 4.87. The summed E-state index contributed by atoms with van der Waals surface area (Å²) in [4.78, 5) is 14.4. The van der Waals surface area contributed by atoms with E-state index < -0.39 is 0 Å². The van der Waals surface area contributed by atoms with E-state index in [1.165, 1.54) is 5.56 Å². The minimum absolute atomic E-state index is 0.344. The number of methoxy groups -OCH3 is 1. The molecule has 0 aliphatic carbocycles. The van der Waals surface area contributed by atoms with E-state index >= 15 is 0 Å². The van der Waals surface area contributed by atoms with Crippen molar-refractivity contribution in [3.05, 3.63) is 76.7 Å². The third-order valence-corrected chi connectivity index (χ3v) is 5.37. The lowest BCUT2D eigenvalue weighted by molar-refractivity contribution is 0.240. The zero-order chi connectivity index (χ0) is 20.1. The van der Waals surface area contributed by atoms with Gasteiger partial charge in [0, 0.05) is 43.2 Å². The number of hydrogen-bond acceptors (Lipinski definition) is 5. The van der Waals surface area contributed by atoms with Gasteiger partial charge in [-0.15, -0.1) is 0 Å². The van der Waals surface area contributed by atoms with E-state index in [1.54, 1.807) is 19.2 Å². The second kappa shape index (κ2) is 8.97. The number of anilines is 1. The van der Waals surface area contributed by atoms with Gasteiger partial charge in [0.05, 0.1) is 12.8 Å². The molecule has 3 aromatic rings. The van der Waals surface area contributed by atoms with Gasteiger partial charge in [-0.1, -0.05) is 42.5 Å². The first-order valence-corrected chi connectivity index (χ1v) is 10.0. The minimum Gasteiger partial charge on any atom is -0.497 e. The van der Waals surface area contributed by atoms with Crippen LogP contribution < -0.4 is 15.7 Å². The Morgan fingerprint density at radius 3 is 2.69 bits per heavy atom. The van der Waals surface area contributed by atoms with Gasteiger partial charge < -0.3 is 14.5 Å². The predicted octanol–water partition coefficient (Wildman–Crippen LogP) is 4.39. The monoisotopic (exact) mass is 390 g/mol. The van der Waals surface area contributed by atoms with Crippen molar-refractivity contribution in [2.24, 2.45) is 0 Å². The summed E-state index contributed by atoms with van der Waals surface area (Å²) in [6.07, 6.45) is 6.48. The van der Waals surface area contributed by atoms with E-state index in [0.717, 1.165) is 43.5 Å². The Morgan fingerprint density at radius 2 is 1.93 bits per heavy atom. The molecule has 5 nitrogen and oxygen atoms in total. The summed E-state index contributed by atoms with van der Waals surface area (Å²) < 4.78 is 10.6. The molecule has 0 spiro atoms. The first-order valence-electron chi connectivity index (χ1n) is 10.0. The van der Waals surface area contributed by atoms with Gasteiger partial charge in [-0.3, -0.25) is 4.90 Å². The van der Waals surface area contributed by atoms with E-state index in [9.17, 15) is 4.79 Å². The number of likely N-dealkylation sites (tertiary alicyclic amines) is 1. The van der Waals surface area contributed by atoms with Gasteiger partial charge in [-0.2, -0.15) is 0 Å². The third-order valence-electron chi connectivity index (χ3n) is 5.37. The van der Waals surface area contributed by atoms with Gasteiger partial charge in [0.25, 0.3) is 0 Å². The van der Waals surface area contributed by atoms with Gasteiger partial charge in [0.2, 0.25) is 0 Å². The second-order valence-corrected chi connectivity index (χ2v) is 7.37. The lowest BCUT2D eigenvalue weighted by atomic mass is 10.0.